The normalized spacial score (nSPS) is 31.0. The minimum Gasteiger partial charge on any atom is -0.422 e. The van der Waals surface area contributed by atoms with Crippen LogP contribution < -0.4 is 5.32 Å². The second kappa shape index (κ2) is 7.90. The van der Waals surface area contributed by atoms with Crippen molar-refractivity contribution in [1.82, 2.24) is 15.5 Å². The molecule has 1 amide bonds. The molecule has 4 fully saturated rings. The number of methoxy groups -OCH3 is 1. The maximum Gasteiger partial charge on any atom is 0.249 e. The van der Waals surface area contributed by atoms with Crippen molar-refractivity contribution in [3.8, 4) is 0 Å². The van der Waals surface area contributed by atoms with Gasteiger partial charge in [0.2, 0.25) is 17.7 Å². The van der Waals surface area contributed by atoms with E-state index >= 15 is 0 Å². The molecule has 1 aromatic carbocycles. The zero-order chi connectivity index (χ0) is 19.8. The number of carbonyl (C=O) groups is 1. The lowest BCUT2D eigenvalue weighted by atomic mass is 9.54. The van der Waals surface area contributed by atoms with E-state index in [1.807, 2.05) is 30.3 Å². The van der Waals surface area contributed by atoms with E-state index in [-0.39, 0.29) is 12.0 Å². The van der Waals surface area contributed by atoms with Gasteiger partial charge in [0, 0.05) is 26.0 Å². The van der Waals surface area contributed by atoms with E-state index in [1.54, 1.807) is 7.11 Å². The van der Waals surface area contributed by atoms with Crippen molar-refractivity contribution in [3.05, 3.63) is 47.7 Å². The van der Waals surface area contributed by atoms with Crippen LogP contribution in [0.25, 0.3) is 0 Å². The highest BCUT2D eigenvalue weighted by atomic mass is 16.5. The van der Waals surface area contributed by atoms with E-state index in [2.05, 4.69) is 15.5 Å². The smallest absolute Gasteiger partial charge is 0.249 e. The third kappa shape index (κ3) is 3.82. The lowest BCUT2D eigenvalue weighted by molar-refractivity contribution is -0.125. The van der Waals surface area contributed by atoms with Gasteiger partial charge in [-0.1, -0.05) is 30.3 Å². The summed E-state index contributed by atoms with van der Waals surface area (Å²) in [6.45, 7) is 0. The maximum absolute atomic E-state index is 12.6. The van der Waals surface area contributed by atoms with Crippen LogP contribution in [0.2, 0.25) is 0 Å². The summed E-state index contributed by atoms with van der Waals surface area (Å²) in [4.78, 5) is 12.6. The number of amides is 1. The Hall–Kier alpha value is -2.21. The lowest BCUT2D eigenvalue weighted by Gasteiger charge is -2.54. The van der Waals surface area contributed by atoms with Crippen LogP contribution in [0.3, 0.4) is 0 Å². The molecule has 4 aliphatic rings. The first-order chi connectivity index (χ1) is 14.2. The molecule has 0 unspecified atom stereocenters. The molecule has 1 atom stereocenters. The molecule has 6 rings (SSSR count). The maximum atomic E-state index is 12.6. The summed E-state index contributed by atoms with van der Waals surface area (Å²) in [5, 5.41) is 11.6. The number of nitrogens with one attached hydrogen (secondary N) is 1. The molecular formula is C23H29N3O3. The van der Waals surface area contributed by atoms with Crippen molar-refractivity contribution in [2.45, 2.75) is 57.1 Å². The molecule has 1 N–H and O–H groups in total. The van der Waals surface area contributed by atoms with Gasteiger partial charge in [0.25, 0.3) is 0 Å². The van der Waals surface area contributed by atoms with Crippen molar-refractivity contribution < 1.29 is 13.9 Å². The van der Waals surface area contributed by atoms with Crippen molar-refractivity contribution in [2.24, 2.45) is 23.7 Å². The number of hydrogen-bond donors (Lipinski definition) is 1. The molecule has 2 aromatic rings. The first-order valence-corrected chi connectivity index (χ1v) is 10.9. The fourth-order valence-electron chi connectivity index (χ4n) is 6.12. The van der Waals surface area contributed by atoms with E-state index in [4.69, 9.17) is 9.15 Å². The highest BCUT2D eigenvalue weighted by molar-refractivity contribution is 5.76. The molecule has 0 radical (unpaired) electrons. The molecule has 0 spiro atoms. The summed E-state index contributed by atoms with van der Waals surface area (Å²) in [7, 11) is 1.62. The van der Waals surface area contributed by atoms with Crippen LogP contribution in [0.5, 0.6) is 0 Å². The van der Waals surface area contributed by atoms with Gasteiger partial charge in [0.1, 0.15) is 0 Å². The Morgan fingerprint density at radius 2 is 1.79 bits per heavy atom. The third-order valence-corrected chi connectivity index (χ3v) is 7.17. The highest BCUT2D eigenvalue weighted by Crippen LogP contribution is 2.53. The zero-order valence-corrected chi connectivity index (χ0v) is 16.9. The molecule has 1 heterocycles. The van der Waals surface area contributed by atoms with E-state index in [9.17, 15) is 4.79 Å². The lowest BCUT2D eigenvalue weighted by Crippen LogP contribution is -2.55. The van der Waals surface area contributed by atoms with Gasteiger partial charge < -0.3 is 14.5 Å². The van der Waals surface area contributed by atoms with E-state index in [0.29, 0.717) is 42.5 Å². The predicted octanol–water partition coefficient (Wildman–Crippen LogP) is 3.68. The summed E-state index contributed by atoms with van der Waals surface area (Å²) in [5.74, 6) is 4.24. The summed E-state index contributed by atoms with van der Waals surface area (Å²) >= 11 is 0. The van der Waals surface area contributed by atoms with Crippen molar-refractivity contribution in [3.63, 3.8) is 0 Å². The van der Waals surface area contributed by atoms with E-state index < -0.39 is 0 Å². The topological polar surface area (TPSA) is 77.2 Å². The van der Waals surface area contributed by atoms with Crippen LogP contribution in [-0.2, 0) is 16.0 Å². The molecular weight excluding hydrogens is 366 g/mol. The molecule has 29 heavy (non-hydrogen) atoms. The Balaban J connectivity index is 1.16. The molecule has 4 bridgehead atoms. The van der Waals surface area contributed by atoms with Gasteiger partial charge in [-0.15, -0.1) is 10.2 Å². The van der Waals surface area contributed by atoms with Crippen molar-refractivity contribution in [1.29, 1.82) is 0 Å². The Bertz CT molecular complexity index is 822. The van der Waals surface area contributed by atoms with Gasteiger partial charge in [0.05, 0.1) is 0 Å². The Kier molecular flexibility index (Phi) is 5.12. The first-order valence-electron chi connectivity index (χ1n) is 10.9. The van der Waals surface area contributed by atoms with Gasteiger partial charge in [-0.2, -0.15) is 0 Å². The molecule has 4 aliphatic carbocycles. The van der Waals surface area contributed by atoms with Gasteiger partial charge in [-0.05, 0) is 61.3 Å². The Labute approximate surface area is 171 Å². The van der Waals surface area contributed by atoms with Crippen LogP contribution in [0.1, 0.15) is 62.0 Å². The molecule has 6 nitrogen and oxygen atoms in total. The van der Waals surface area contributed by atoms with Gasteiger partial charge in [-0.25, -0.2) is 0 Å². The number of rotatable bonds is 7. The van der Waals surface area contributed by atoms with Crippen LogP contribution in [0.15, 0.2) is 34.7 Å². The number of aryl methyl sites for hydroxylation is 1. The minimum absolute atomic E-state index is 0.105. The number of benzene rings is 1. The van der Waals surface area contributed by atoms with Crippen molar-refractivity contribution >= 4 is 5.91 Å². The minimum atomic E-state index is -0.390. The average Bonchev–Trinajstić information content (AvgIpc) is 3.19. The molecule has 0 saturated heterocycles. The molecule has 0 aliphatic heterocycles. The summed E-state index contributed by atoms with van der Waals surface area (Å²) < 4.78 is 11.3. The Morgan fingerprint density at radius 1 is 1.10 bits per heavy atom. The second-order valence-corrected chi connectivity index (χ2v) is 9.08. The van der Waals surface area contributed by atoms with Gasteiger partial charge in [-0.3, -0.25) is 4.79 Å². The molecule has 1 aromatic heterocycles. The fraction of sp³-hybridized carbons (Fsp3) is 0.609. The van der Waals surface area contributed by atoms with Gasteiger partial charge in [0.15, 0.2) is 6.10 Å². The number of nitrogens with zero attached hydrogens (tertiary/aromatic N) is 2. The quantitative estimate of drug-likeness (QED) is 0.774. The van der Waals surface area contributed by atoms with E-state index in [1.165, 1.54) is 32.1 Å². The van der Waals surface area contributed by atoms with Crippen LogP contribution in [-0.4, -0.2) is 29.3 Å². The number of hydrogen-bond acceptors (Lipinski definition) is 5. The average molecular weight is 396 g/mol. The predicted molar refractivity (Wildman–Crippen MR) is 107 cm³/mol. The fourth-order valence-corrected chi connectivity index (χ4v) is 6.12. The third-order valence-electron chi connectivity index (χ3n) is 7.17. The summed E-state index contributed by atoms with van der Waals surface area (Å²) in [6.07, 6.45) is 7.11. The van der Waals surface area contributed by atoms with Gasteiger partial charge >= 0.3 is 0 Å². The second-order valence-electron chi connectivity index (χ2n) is 9.08. The standard InChI is InChI=1S/C23H29N3O3/c1-28-22(16-5-3-2-4-6-16)23-26-25-20(29-23)8-7-19(27)24-21-17-10-14-9-15(12-17)13-18(21)11-14/h2-6,14-15,17-18,21-22H,7-13H2,1H3,(H,24,27)/t14?,15?,17?,18?,21?,22-/m1/s1. The van der Waals surface area contributed by atoms with Crippen LogP contribution in [0, 0.1) is 23.7 Å². The van der Waals surface area contributed by atoms with E-state index in [0.717, 1.165) is 17.4 Å². The monoisotopic (exact) mass is 395 g/mol. The zero-order valence-electron chi connectivity index (χ0n) is 16.9. The molecule has 154 valence electrons. The van der Waals surface area contributed by atoms with Crippen molar-refractivity contribution in [2.75, 3.05) is 7.11 Å². The first kappa shape index (κ1) is 18.8. The summed E-state index contributed by atoms with van der Waals surface area (Å²) in [6, 6.07) is 10.2. The molecule has 6 heteroatoms. The number of ether oxygens (including phenoxy) is 1. The Morgan fingerprint density at radius 3 is 2.45 bits per heavy atom. The van der Waals surface area contributed by atoms with Crippen LogP contribution >= 0.6 is 0 Å². The largest absolute Gasteiger partial charge is 0.422 e. The summed E-state index contributed by atoms with van der Waals surface area (Å²) in [5.41, 5.74) is 0.963. The highest BCUT2D eigenvalue weighted by Gasteiger charge is 2.48. The molecule has 4 saturated carbocycles. The van der Waals surface area contributed by atoms with Crippen LogP contribution in [0.4, 0.5) is 0 Å². The number of carbonyl (C=O) groups excluding carboxylic acids is 1. The SMILES string of the molecule is CO[C@H](c1ccccc1)c1nnc(CCC(=O)NC2C3CC4CC(C3)CC2C4)o1. The number of aromatic nitrogens is 2.